The Kier molecular flexibility index (Phi) is 4.12. The van der Waals surface area contributed by atoms with E-state index in [1.807, 2.05) is 30.3 Å². The molecule has 0 aliphatic carbocycles. The lowest BCUT2D eigenvalue weighted by molar-refractivity contribution is -0.173. The van der Waals surface area contributed by atoms with Crippen molar-refractivity contribution in [1.29, 1.82) is 0 Å². The summed E-state index contributed by atoms with van der Waals surface area (Å²) in [5, 5.41) is 0. The van der Waals surface area contributed by atoms with Crippen LogP contribution in [0.4, 0.5) is 0 Å². The summed E-state index contributed by atoms with van der Waals surface area (Å²) in [5.41, 5.74) is 6.96. The topological polar surface area (TPSA) is 61.6 Å². The van der Waals surface area contributed by atoms with Crippen molar-refractivity contribution in [3.05, 3.63) is 35.9 Å². The highest BCUT2D eigenvalue weighted by Crippen LogP contribution is 2.09. The summed E-state index contributed by atoms with van der Waals surface area (Å²) in [6, 6.07) is 9.43. The predicted octanol–water partition coefficient (Wildman–Crippen LogP) is 0.888. The molecule has 1 fully saturated rings. The van der Waals surface area contributed by atoms with Gasteiger partial charge in [-0.25, -0.2) is 0 Å². The van der Waals surface area contributed by atoms with Crippen molar-refractivity contribution in [2.24, 2.45) is 5.73 Å². The van der Waals surface area contributed by atoms with Crippen LogP contribution in [0.2, 0.25) is 0 Å². The molecule has 1 saturated heterocycles. The van der Waals surface area contributed by atoms with Crippen LogP contribution < -0.4 is 5.73 Å². The lowest BCUT2D eigenvalue weighted by atomic mass is 10.1. The second-order valence-electron chi connectivity index (χ2n) is 4.23. The number of hydrogen-bond acceptors (Lipinski definition) is 4. The van der Waals surface area contributed by atoms with Crippen LogP contribution in [0.3, 0.4) is 0 Å². The molecule has 0 amide bonds. The molecule has 0 unspecified atom stereocenters. The molecular formula is C13H17NO3. The fourth-order valence-corrected chi connectivity index (χ4v) is 1.62. The summed E-state index contributed by atoms with van der Waals surface area (Å²) < 4.78 is 10.1. The molecule has 0 bridgehead atoms. The Labute approximate surface area is 101 Å². The molecule has 1 heterocycles. The number of esters is 1. The molecule has 0 spiro atoms. The molecule has 17 heavy (non-hydrogen) atoms. The molecule has 2 rings (SSSR count). The highest BCUT2D eigenvalue weighted by Gasteiger charge is 2.25. The average molecular weight is 235 g/mol. The standard InChI is InChI=1S/C13H17NO3/c14-12(13(15)17-11-8-16-9-11)7-6-10-4-2-1-3-5-10/h1-5,11-12H,6-9,14H2/t12-/m0/s1. The first-order valence-corrected chi connectivity index (χ1v) is 5.83. The van der Waals surface area contributed by atoms with Gasteiger partial charge in [0, 0.05) is 0 Å². The van der Waals surface area contributed by atoms with E-state index in [2.05, 4.69) is 0 Å². The van der Waals surface area contributed by atoms with E-state index in [1.54, 1.807) is 0 Å². The van der Waals surface area contributed by atoms with Gasteiger partial charge >= 0.3 is 5.97 Å². The zero-order valence-electron chi connectivity index (χ0n) is 9.67. The number of carbonyl (C=O) groups is 1. The SMILES string of the molecule is N[C@@H](CCc1ccccc1)C(=O)OC1COC1. The molecule has 4 heteroatoms. The Morgan fingerprint density at radius 1 is 1.41 bits per heavy atom. The summed E-state index contributed by atoms with van der Waals surface area (Å²) in [6.45, 7) is 0.994. The van der Waals surface area contributed by atoms with Crippen molar-refractivity contribution in [3.8, 4) is 0 Å². The molecule has 0 radical (unpaired) electrons. The van der Waals surface area contributed by atoms with E-state index in [1.165, 1.54) is 5.56 Å². The summed E-state index contributed by atoms with van der Waals surface area (Å²) >= 11 is 0. The van der Waals surface area contributed by atoms with Gasteiger partial charge in [-0.1, -0.05) is 30.3 Å². The minimum Gasteiger partial charge on any atom is -0.456 e. The largest absolute Gasteiger partial charge is 0.456 e. The summed E-state index contributed by atoms with van der Waals surface area (Å²) in [5.74, 6) is -0.325. The second-order valence-corrected chi connectivity index (χ2v) is 4.23. The van der Waals surface area contributed by atoms with Crippen LogP contribution in [-0.4, -0.2) is 31.3 Å². The Bertz CT molecular complexity index is 362. The third kappa shape index (κ3) is 3.54. The minimum atomic E-state index is -0.546. The van der Waals surface area contributed by atoms with Crippen LogP contribution in [0.5, 0.6) is 0 Å². The van der Waals surface area contributed by atoms with Crippen LogP contribution in [0.1, 0.15) is 12.0 Å². The predicted molar refractivity (Wildman–Crippen MR) is 63.4 cm³/mol. The smallest absolute Gasteiger partial charge is 0.323 e. The molecule has 1 aliphatic heterocycles. The van der Waals surface area contributed by atoms with Crippen LogP contribution in [-0.2, 0) is 20.7 Å². The van der Waals surface area contributed by atoms with Crippen LogP contribution in [0.15, 0.2) is 30.3 Å². The normalized spacial score (nSPS) is 17.2. The van der Waals surface area contributed by atoms with E-state index < -0.39 is 6.04 Å². The van der Waals surface area contributed by atoms with Gasteiger partial charge in [-0.05, 0) is 18.4 Å². The monoisotopic (exact) mass is 235 g/mol. The summed E-state index contributed by atoms with van der Waals surface area (Å²) in [4.78, 5) is 11.6. The van der Waals surface area contributed by atoms with E-state index in [0.717, 1.165) is 6.42 Å². The van der Waals surface area contributed by atoms with E-state index in [9.17, 15) is 4.79 Å². The Morgan fingerprint density at radius 2 is 2.12 bits per heavy atom. The Morgan fingerprint density at radius 3 is 2.71 bits per heavy atom. The first-order chi connectivity index (χ1) is 8.25. The number of ether oxygens (including phenoxy) is 2. The lowest BCUT2D eigenvalue weighted by Crippen LogP contribution is -2.43. The minimum absolute atomic E-state index is 0.0923. The Hall–Kier alpha value is -1.39. The highest BCUT2D eigenvalue weighted by molar-refractivity contribution is 5.75. The van der Waals surface area contributed by atoms with Crippen LogP contribution >= 0.6 is 0 Å². The van der Waals surface area contributed by atoms with Crippen molar-refractivity contribution >= 4 is 5.97 Å². The molecule has 2 N–H and O–H groups in total. The van der Waals surface area contributed by atoms with E-state index in [0.29, 0.717) is 19.6 Å². The van der Waals surface area contributed by atoms with Gasteiger partial charge in [-0.3, -0.25) is 4.79 Å². The zero-order valence-corrected chi connectivity index (χ0v) is 9.67. The van der Waals surface area contributed by atoms with E-state index in [4.69, 9.17) is 15.2 Å². The summed E-state index contributed by atoms with van der Waals surface area (Å²) in [7, 11) is 0. The van der Waals surface area contributed by atoms with Crippen molar-refractivity contribution in [2.75, 3.05) is 13.2 Å². The second kappa shape index (κ2) is 5.80. The maximum atomic E-state index is 11.6. The molecule has 4 nitrogen and oxygen atoms in total. The first-order valence-electron chi connectivity index (χ1n) is 5.83. The molecule has 0 aromatic heterocycles. The number of rotatable bonds is 5. The van der Waals surface area contributed by atoms with Gasteiger partial charge in [0.2, 0.25) is 0 Å². The summed E-state index contributed by atoms with van der Waals surface area (Å²) in [6.07, 6.45) is 1.31. The molecule has 0 saturated carbocycles. The first kappa shape index (κ1) is 12.1. The Balaban J connectivity index is 1.72. The van der Waals surface area contributed by atoms with Gasteiger partial charge in [-0.15, -0.1) is 0 Å². The van der Waals surface area contributed by atoms with Gasteiger partial charge in [0.05, 0.1) is 13.2 Å². The van der Waals surface area contributed by atoms with Crippen molar-refractivity contribution < 1.29 is 14.3 Å². The fraction of sp³-hybridized carbons (Fsp3) is 0.462. The van der Waals surface area contributed by atoms with Crippen molar-refractivity contribution in [2.45, 2.75) is 25.0 Å². The van der Waals surface area contributed by atoms with Gasteiger partial charge in [0.15, 0.2) is 0 Å². The number of aryl methyl sites for hydroxylation is 1. The molecule has 92 valence electrons. The van der Waals surface area contributed by atoms with E-state index >= 15 is 0 Å². The highest BCUT2D eigenvalue weighted by atomic mass is 16.6. The molecular weight excluding hydrogens is 218 g/mol. The number of nitrogens with two attached hydrogens (primary N) is 1. The van der Waals surface area contributed by atoms with E-state index in [-0.39, 0.29) is 12.1 Å². The third-order valence-corrected chi connectivity index (χ3v) is 2.78. The van der Waals surface area contributed by atoms with Gasteiger partial charge < -0.3 is 15.2 Å². The molecule has 1 aromatic rings. The third-order valence-electron chi connectivity index (χ3n) is 2.78. The maximum Gasteiger partial charge on any atom is 0.323 e. The van der Waals surface area contributed by atoms with Gasteiger partial charge in [0.1, 0.15) is 12.1 Å². The van der Waals surface area contributed by atoms with Crippen LogP contribution in [0.25, 0.3) is 0 Å². The van der Waals surface area contributed by atoms with Crippen molar-refractivity contribution in [1.82, 2.24) is 0 Å². The van der Waals surface area contributed by atoms with Gasteiger partial charge in [0.25, 0.3) is 0 Å². The maximum absolute atomic E-state index is 11.6. The zero-order chi connectivity index (χ0) is 12.1. The van der Waals surface area contributed by atoms with Crippen LogP contribution in [0, 0.1) is 0 Å². The fourth-order valence-electron chi connectivity index (χ4n) is 1.62. The van der Waals surface area contributed by atoms with Crippen molar-refractivity contribution in [3.63, 3.8) is 0 Å². The quantitative estimate of drug-likeness (QED) is 0.770. The molecule has 1 aliphatic rings. The number of benzene rings is 1. The molecule has 1 aromatic carbocycles. The number of hydrogen-bond donors (Lipinski definition) is 1. The molecule has 1 atom stereocenters. The average Bonchev–Trinajstić information content (AvgIpc) is 2.32. The van der Waals surface area contributed by atoms with Gasteiger partial charge in [-0.2, -0.15) is 0 Å². The number of carbonyl (C=O) groups excluding carboxylic acids is 1. The lowest BCUT2D eigenvalue weighted by Gasteiger charge is -2.26.